The predicted octanol–water partition coefficient (Wildman–Crippen LogP) is 3.64. The molecular weight excluding hydrogens is 382 g/mol. The third-order valence-electron chi connectivity index (χ3n) is 6.18. The molecule has 2 aliphatic rings. The molecule has 3 heteroatoms. The lowest BCUT2D eigenvalue weighted by Gasteiger charge is -2.03. The lowest BCUT2D eigenvalue weighted by atomic mass is 10.0. The van der Waals surface area contributed by atoms with E-state index in [0.717, 1.165) is 26.7 Å². The molecule has 0 spiro atoms. The molecule has 4 aromatic carbocycles. The number of benzene rings is 4. The van der Waals surface area contributed by atoms with Crippen LogP contribution in [-0.4, -0.2) is 0 Å². The van der Waals surface area contributed by atoms with E-state index < -0.39 is 0 Å². The number of hydrogen-bond donors (Lipinski definition) is 0. The molecule has 6 rings (SSSR count). The quantitative estimate of drug-likeness (QED) is 0.365. The lowest BCUT2D eigenvalue weighted by molar-refractivity contribution is -0.447. The monoisotopic (exact) mass is 400 g/mol. The average Bonchev–Trinajstić information content (AvgIpc) is 2.83. The summed E-state index contributed by atoms with van der Waals surface area (Å²) in [6.07, 6.45) is 2.04. The summed E-state index contributed by atoms with van der Waals surface area (Å²) < 4.78 is 2.07. The van der Waals surface area contributed by atoms with E-state index in [4.69, 9.17) is 0 Å². The van der Waals surface area contributed by atoms with Crippen molar-refractivity contribution >= 4 is 38.7 Å². The maximum Gasteiger partial charge on any atom is 0.234 e. The second kappa shape index (κ2) is 6.44. The second-order valence-corrected chi connectivity index (χ2v) is 7.86. The Kier molecular flexibility index (Phi) is 3.68. The van der Waals surface area contributed by atoms with Crippen LogP contribution in [-0.2, 0) is 0 Å². The van der Waals surface area contributed by atoms with Crippen LogP contribution in [0.2, 0.25) is 0 Å². The Balaban J connectivity index is 2.05. The van der Waals surface area contributed by atoms with Crippen LogP contribution in [0.4, 0.5) is 0 Å². The molecule has 0 N–H and O–H groups in total. The van der Waals surface area contributed by atoms with Crippen LogP contribution in [0.3, 0.4) is 0 Å². The third kappa shape index (κ3) is 2.44. The summed E-state index contributed by atoms with van der Waals surface area (Å²) in [5, 5.41) is 6.11. The molecule has 0 radical (unpaired) electrons. The summed E-state index contributed by atoms with van der Waals surface area (Å²) in [6, 6.07) is 27.2. The zero-order chi connectivity index (χ0) is 21.1. The fourth-order valence-corrected chi connectivity index (χ4v) is 4.64. The van der Waals surface area contributed by atoms with Crippen LogP contribution in [0.5, 0.6) is 0 Å². The van der Waals surface area contributed by atoms with Gasteiger partial charge in [0.25, 0.3) is 0 Å². The van der Waals surface area contributed by atoms with Gasteiger partial charge in [0.2, 0.25) is 27.2 Å². The molecule has 31 heavy (non-hydrogen) atoms. The molecule has 0 aromatic heterocycles. The van der Waals surface area contributed by atoms with Gasteiger partial charge in [0.15, 0.2) is 0 Å². The van der Waals surface area contributed by atoms with Crippen LogP contribution in [0.1, 0.15) is 6.92 Å². The highest BCUT2D eigenvalue weighted by Crippen LogP contribution is 2.17. The Bertz CT molecular complexity index is 1860. The molecule has 0 bridgehead atoms. The van der Waals surface area contributed by atoms with E-state index in [9.17, 15) is 9.59 Å². The Labute approximate surface area is 176 Å². The lowest BCUT2D eigenvalue weighted by Crippen LogP contribution is -2.29. The highest BCUT2D eigenvalue weighted by atomic mass is 16.1. The first-order valence-electron chi connectivity index (χ1n) is 10.3. The number of para-hydroxylation sites is 2. The van der Waals surface area contributed by atoms with Crippen molar-refractivity contribution in [3.8, 4) is 0 Å². The molecule has 3 nitrogen and oxygen atoms in total. The molecule has 0 saturated carbocycles. The minimum atomic E-state index is -0.0457. The van der Waals surface area contributed by atoms with Gasteiger partial charge in [0.1, 0.15) is 0 Å². The Morgan fingerprint density at radius 3 is 1.65 bits per heavy atom. The molecule has 0 unspecified atom stereocenters. The summed E-state index contributed by atoms with van der Waals surface area (Å²) in [5.74, 6) is 0. The van der Waals surface area contributed by atoms with Crippen molar-refractivity contribution in [3.63, 3.8) is 0 Å². The van der Waals surface area contributed by atoms with Crippen molar-refractivity contribution in [2.75, 3.05) is 0 Å². The minimum absolute atomic E-state index is 0.0457. The van der Waals surface area contributed by atoms with Gasteiger partial charge < -0.3 is 0 Å². The normalized spacial score (nSPS) is 11.6. The van der Waals surface area contributed by atoms with Gasteiger partial charge in [-0.15, -0.1) is 0 Å². The summed E-state index contributed by atoms with van der Waals surface area (Å²) in [6.45, 7) is 2.00. The largest absolute Gasteiger partial charge is 0.288 e. The minimum Gasteiger partial charge on any atom is -0.288 e. The van der Waals surface area contributed by atoms with Gasteiger partial charge in [-0.25, -0.2) is 0 Å². The van der Waals surface area contributed by atoms with Crippen molar-refractivity contribution in [3.05, 3.63) is 126 Å². The third-order valence-corrected chi connectivity index (χ3v) is 6.18. The highest BCUT2D eigenvalue weighted by Gasteiger charge is 2.22. The van der Waals surface area contributed by atoms with Crippen molar-refractivity contribution < 1.29 is 4.24 Å². The summed E-state index contributed by atoms with van der Waals surface area (Å²) in [7, 11) is 0. The summed E-state index contributed by atoms with van der Waals surface area (Å²) in [5.41, 5.74) is 1.54. The SMILES string of the molecule is CC=c1ccc(=c2cc3c4c(c2)c(=O)c2ccccc2[n+]=4c2ccccc2c3=O)cc1. The standard InChI is InChI=1S/C28H18NO2/c1-2-17-11-13-18(14-12-17)19-15-22-26-23(16-19)28(31)21-8-4-6-10-25(21)29(26)24-9-5-3-7-20(24)27(22)30/h2-16H,1H3/q+1. The van der Waals surface area contributed by atoms with Crippen molar-refractivity contribution in [2.45, 2.75) is 6.92 Å². The molecule has 2 heterocycles. The van der Waals surface area contributed by atoms with E-state index in [1.165, 1.54) is 0 Å². The van der Waals surface area contributed by atoms with E-state index in [0.29, 0.717) is 26.9 Å². The maximum absolute atomic E-state index is 13.5. The molecule has 2 aliphatic heterocycles. The topological polar surface area (TPSA) is 40.0 Å². The number of hydrogen-bond acceptors (Lipinski definition) is 2. The fourth-order valence-electron chi connectivity index (χ4n) is 4.64. The van der Waals surface area contributed by atoms with Gasteiger partial charge in [-0.2, -0.15) is 4.24 Å². The van der Waals surface area contributed by atoms with Gasteiger partial charge in [0, 0.05) is 12.1 Å². The highest BCUT2D eigenvalue weighted by molar-refractivity contribution is 5.88. The second-order valence-electron chi connectivity index (χ2n) is 7.86. The summed E-state index contributed by atoms with van der Waals surface area (Å²) >= 11 is 0. The molecule has 4 aromatic rings. The Hall–Kier alpha value is -4.11. The first kappa shape index (κ1) is 17.7. The molecule has 0 atom stereocenters. The van der Waals surface area contributed by atoms with Crippen LogP contribution < -0.4 is 20.3 Å². The van der Waals surface area contributed by atoms with E-state index >= 15 is 0 Å². The molecule has 0 amide bonds. The molecule has 146 valence electrons. The van der Waals surface area contributed by atoms with Gasteiger partial charge in [0.05, 0.1) is 21.5 Å². The van der Waals surface area contributed by atoms with Crippen LogP contribution in [0, 0.1) is 15.8 Å². The van der Waals surface area contributed by atoms with E-state index in [1.807, 2.05) is 97.9 Å². The number of aromatic nitrogens is 1. The molecule has 0 fully saturated rings. The first-order chi connectivity index (χ1) is 15.2. The average molecular weight is 400 g/mol. The predicted molar refractivity (Wildman–Crippen MR) is 124 cm³/mol. The zero-order valence-electron chi connectivity index (χ0n) is 16.9. The van der Waals surface area contributed by atoms with E-state index in [-0.39, 0.29) is 10.9 Å². The maximum atomic E-state index is 13.5. The van der Waals surface area contributed by atoms with Crippen molar-refractivity contribution in [1.29, 1.82) is 0 Å². The van der Waals surface area contributed by atoms with Gasteiger partial charge in [-0.1, -0.05) is 54.6 Å². The van der Waals surface area contributed by atoms with E-state index in [2.05, 4.69) is 4.24 Å². The zero-order valence-corrected chi connectivity index (χ0v) is 16.9. The number of rotatable bonds is 0. The number of fused-ring (bicyclic) bond motifs is 4. The van der Waals surface area contributed by atoms with Crippen LogP contribution >= 0.6 is 0 Å². The fraction of sp³-hybridized carbons (Fsp3) is 0.0357. The Morgan fingerprint density at radius 1 is 0.613 bits per heavy atom. The smallest absolute Gasteiger partial charge is 0.234 e. The molecule has 0 saturated heterocycles. The molecular formula is C28H18NO2+. The summed E-state index contributed by atoms with van der Waals surface area (Å²) in [4.78, 5) is 27.0. The first-order valence-corrected chi connectivity index (χ1v) is 10.3. The van der Waals surface area contributed by atoms with Gasteiger partial charge in [-0.3, -0.25) is 9.59 Å². The van der Waals surface area contributed by atoms with Gasteiger partial charge in [-0.05, 0) is 46.8 Å². The number of nitrogens with zero attached hydrogens (tertiary/aromatic N) is 1. The molecule has 0 aliphatic carbocycles. The van der Waals surface area contributed by atoms with E-state index in [1.54, 1.807) is 0 Å². The van der Waals surface area contributed by atoms with Crippen LogP contribution in [0.15, 0.2) is 94.5 Å². The van der Waals surface area contributed by atoms with Crippen LogP contribution in [0.25, 0.3) is 38.7 Å². The van der Waals surface area contributed by atoms with Crippen molar-refractivity contribution in [2.24, 2.45) is 0 Å². The van der Waals surface area contributed by atoms with Gasteiger partial charge >= 0.3 is 0 Å². The Morgan fingerprint density at radius 2 is 1.13 bits per heavy atom. The van der Waals surface area contributed by atoms with Crippen molar-refractivity contribution in [1.82, 2.24) is 0 Å².